The van der Waals surface area contributed by atoms with Crippen LogP contribution < -0.4 is 5.32 Å². The lowest BCUT2D eigenvalue weighted by molar-refractivity contribution is 0.101. The minimum absolute atomic E-state index is 0.147. The molecule has 1 aromatic carbocycles. The van der Waals surface area contributed by atoms with Gasteiger partial charge in [0.15, 0.2) is 11.6 Å². The van der Waals surface area contributed by atoms with Crippen LogP contribution in [0.1, 0.15) is 43.7 Å². The zero-order valence-corrected chi connectivity index (χ0v) is 12.5. The monoisotopic (exact) mass is 292 g/mol. The fourth-order valence-corrected chi connectivity index (χ4v) is 3.93. The number of halogens is 1. The number of phenols is 1. The Bertz CT molecular complexity index is 450. The molecule has 1 heterocycles. The van der Waals surface area contributed by atoms with Crippen LogP contribution in [0.15, 0.2) is 18.2 Å². The van der Waals surface area contributed by atoms with E-state index in [0.717, 1.165) is 31.7 Å². The largest absolute Gasteiger partial charge is 0.505 e. The number of phenolic OH excluding ortho intramolecular Hbond substituents is 1. The number of nitrogens with zero attached hydrogens (tertiary/aromatic N) is 1. The molecule has 0 unspecified atom stereocenters. The van der Waals surface area contributed by atoms with Crippen molar-refractivity contribution in [1.29, 1.82) is 0 Å². The number of hydrogen-bond donors (Lipinski definition) is 2. The molecule has 1 aliphatic heterocycles. The summed E-state index contributed by atoms with van der Waals surface area (Å²) in [5, 5.41) is 13.6. The van der Waals surface area contributed by atoms with Crippen LogP contribution in [0.25, 0.3) is 0 Å². The van der Waals surface area contributed by atoms with Gasteiger partial charge in [0.2, 0.25) is 0 Å². The first-order valence-electron chi connectivity index (χ1n) is 8.19. The summed E-state index contributed by atoms with van der Waals surface area (Å²) >= 11 is 0. The minimum atomic E-state index is -0.497. The third-order valence-corrected chi connectivity index (χ3v) is 4.98. The molecule has 3 nitrogen and oxygen atoms in total. The van der Waals surface area contributed by atoms with Gasteiger partial charge in [0.25, 0.3) is 0 Å². The van der Waals surface area contributed by atoms with Gasteiger partial charge in [0.1, 0.15) is 0 Å². The summed E-state index contributed by atoms with van der Waals surface area (Å²) in [6.45, 7) is 3.88. The first-order valence-corrected chi connectivity index (χ1v) is 8.19. The van der Waals surface area contributed by atoms with Crippen molar-refractivity contribution in [3.63, 3.8) is 0 Å². The molecular weight excluding hydrogens is 267 g/mol. The van der Waals surface area contributed by atoms with Gasteiger partial charge < -0.3 is 10.4 Å². The van der Waals surface area contributed by atoms with Gasteiger partial charge in [0.05, 0.1) is 0 Å². The molecule has 116 valence electrons. The number of aromatic hydroxyl groups is 1. The zero-order chi connectivity index (χ0) is 14.7. The summed E-state index contributed by atoms with van der Waals surface area (Å²) in [5.41, 5.74) is 0.781. The number of benzene rings is 1. The van der Waals surface area contributed by atoms with E-state index < -0.39 is 5.82 Å². The van der Waals surface area contributed by atoms with Crippen LogP contribution >= 0.6 is 0 Å². The molecule has 1 aliphatic carbocycles. The molecular formula is C17H25FN2O. The average Bonchev–Trinajstić information content (AvgIpc) is 2.54. The third kappa shape index (κ3) is 3.22. The first-order chi connectivity index (χ1) is 10.3. The second kappa shape index (κ2) is 6.75. The lowest BCUT2D eigenvalue weighted by atomic mass is 9.80. The first kappa shape index (κ1) is 14.8. The van der Waals surface area contributed by atoms with Crippen molar-refractivity contribution >= 4 is 0 Å². The van der Waals surface area contributed by atoms with Gasteiger partial charge in [-0.3, -0.25) is 4.90 Å². The van der Waals surface area contributed by atoms with Gasteiger partial charge in [-0.05, 0) is 24.8 Å². The van der Waals surface area contributed by atoms with E-state index in [1.165, 1.54) is 38.2 Å². The molecule has 1 saturated heterocycles. The molecule has 2 N–H and O–H groups in total. The Balaban J connectivity index is 1.91. The number of piperazine rings is 1. The van der Waals surface area contributed by atoms with Crippen molar-refractivity contribution in [3.05, 3.63) is 29.6 Å². The van der Waals surface area contributed by atoms with Gasteiger partial charge in [-0.2, -0.15) is 0 Å². The van der Waals surface area contributed by atoms with E-state index in [1.807, 2.05) is 6.07 Å². The Labute approximate surface area is 126 Å². The van der Waals surface area contributed by atoms with Crippen molar-refractivity contribution in [2.75, 3.05) is 26.2 Å². The lowest BCUT2D eigenvalue weighted by Gasteiger charge is -2.41. The second-order valence-corrected chi connectivity index (χ2v) is 6.31. The summed E-state index contributed by atoms with van der Waals surface area (Å²) in [4.78, 5) is 2.43. The SMILES string of the molecule is Oc1c(F)cccc1[C@@H](C1CCCCC1)N1CCNCC1. The molecule has 2 aliphatic rings. The molecule has 1 atom stereocenters. The van der Waals surface area contributed by atoms with Gasteiger partial charge in [-0.25, -0.2) is 4.39 Å². The molecule has 1 saturated carbocycles. The molecule has 0 spiro atoms. The highest BCUT2D eigenvalue weighted by molar-refractivity contribution is 5.36. The fraction of sp³-hybridized carbons (Fsp3) is 0.647. The summed E-state index contributed by atoms with van der Waals surface area (Å²) < 4.78 is 13.8. The van der Waals surface area contributed by atoms with Crippen molar-refractivity contribution in [1.82, 2.24) is 10.2 Å². The topological polar surface area (TPSA) is 35.5 Å². The highest BCUT2D eigenvalue weighted by Gasteiger charge is 2.33. The van der Waals surface area contributed by atoms with Gasteiger partial charge in [-0.1, -0.05) is 31.4 Å². The highest BCUT2D eigenvalue weighted by Crippen LogP contribution is 2.42. The molecule has 0 bridgehead atoms. The standard InChI is InChI=1S/C17H25FN2O/c18-15-8-4-7-14(17(15)21)16(13-5-2-1-3-6-13)20-11-9-19-10-12-20/h4,7-8,13,16,19,21H,1-3,5-6,9-12H2/t16-/m1/s1. The van der Waals surface area contributed by atoms with Crippen LogP contribution in [0.4, 0.5) is 4.39 Å². The number of rotatable bonds is 3. The quantitative estimate of drug-likeness (QED) is 0.899. The van der Waals surface area contributed by atoms with Gasteiger partial charge >= 0.3 is 0 Å². The third-order valence-electron chi connectivity index (χ3n) is 4.98. The normalized spacial score (nSPS) is 23.1. The molecule has 0 radical (unpaired) electrons. The Morgan fingerprint density at radius 2 is 1.86 bits per heavy atom. The smallest absolute Gasteiger partial charge is 0.165 e. The fourth-order valence-electron chi connectivity index (χ4n) is 3.93. The predicted molar refractivity (Wildman–Crippen MR) is 81.8 cm³/mol. The number of hydrogen-bond acceptors (Lipinski definition) is 3. The molecule has 2 fully saturated rings. The van der Waals surface area contributed by atoms with Crippen molar-refractivity contribution in [3.8, 4) is 5.75 Å². The number of nitrogens with one attached hydrogen (secondary N) is 1. The van der Waals surface area contributed by atoms with E-state index in [1.54, 1.807) is 6.07 Å². The van der Waals surface area contributed by atoms with Gasteiger partial charge in [-0.15, -0.1) is 0 Å². The molecule has 0 amide bonds. The summed E-state index contributed by atoms with van der Waals surface area (Å²) in [6.07, 6.45) is 6.18. The maximum atomic E-state index is 13.8. The highest BCUT2D eigenvalue weighted by atomic mass is 19.1. The summed E-state index contributed by atoms with van der Waals surface area (Å²) in [5.74, 6) is -0.111. The molecule has 0 aromatic heterocycles. The van der Waals surface area contributed by atoms with Gasteiger partial charge in [0, 0.05) is 37.8 Å². The Kier molecular flexibility index (Phi) is 4.76. The Morgan fingerprint density at radius 3 is 2.57 bits per heavy atom. The van der Waals surface area contributed by atoms with Crippen LogP contribution in [0.3, 0.4) is 0 Å². The van der Waals surface area contributed by atoms with E-state index in [0.29, 0.717) is 5.92 Å². The molecule has 3 rings (SSSR count). The molecule has 4 heteroatoms. The lowest BCUT2D eigenvalue weighted by Crippen LogP contribution is -2.47. The Morgan fingerprint density at radius 1 is 1.14 bits per heavy atom. The van der Waals surface area contributed by atoms with Crippen molar-refractivity contribution < 1.29 is 9.50 Å². The van der Waals surface area contributed by atoms with Crippen molar-refractivity contribution in [2.24, 2.45) is 5.92 Å². The van der Waals surface area contributed by atoms with E-state index in [4.69, 9.17) is 0 Å². The van der Waals surface area contributed by atoms with Crippen LogP contribution in [0.5, 0.6) is 5.75 Å². The second-order valence-electron chi connectivity index (χ2n) is 6.31. The van der Waals surface area contributed by atoms with Crippen LogP contribution in [-0.2, 0) is 0 Å². The Hall–Kier alpha value is -1.13. The van der Waals surface area contributed by atoms with E-state index in [2.05, 4.69) is 10.2 Å². The maximum absolute atomic E-state index is 13.8. The number of para-hydroxylation sites is 1. The maximum Gasteiger partial charge on any atom is 0.165 e. The molecule has 1 aromatic rings. The van der Waals surface area contributed by atoms with E-state index in [-0.39, 0.29) is 11.8 Å². The summed E-state index contributed by atoms with van der Waals surface area (Å²) in [6, 6.07) is 5.12. The van der Waals surface area contributed by atoms with E-state index >= 15 is 0 Å². The molecule has 21 heavy (non-hydrogen) atoms. The van der Waals surface area contributed by atoms with E-state index in [9.17, 15) is 9.50 Å². The van der Waals surface area contributed by atoms with Crippen LogP contribution in [-0.4, -0.2) is 36.2 Å². The average molecular weight is 292 g/mol. The zero-order valence-electron chi connectivity index (χ0n) is 12.5. The predicted octanol–water partition coefficient (Wildman–Crippen LogP) is 3.06. The van der Waals surface area contributed by atoms with Crippen molar-refractivity contribution in [2.45, 2.75) is 38.1 Å². The summed E-state index contributed by atoms with van der Waals surface area (Å²) in [7, 11) is 0. The minimum Gasteiger partial charge on any atom is -0.505 e. The van der Waals surface area contributed by atoms with Crippen LogP contribution in [0, 0.1) is 11.7 Å². The van der Waals surface area contributed by atoms with Crippen LogP contribution in [0.2, 0.25) is 0 Å².